The maximum absolute atomic E-state index is 2.35. The molecule has 0 N–H and O–H groups in total. The number of rotatable bonds is 8. The second-order valence-electron chi connectivity index (χ2n) is 13.1. The number of hydrogen-bond acceptors (Lipinski definition) is 1. The van der Waals surface area contributed by atoms with Gasteiger partial charge in [0.05, 0.1) is 5.52 Å². The molecule has 9 rings (SSSR count). The van der Waals surface area contributed by atoms with Gasteiger partial charge in [0.1, 0.15) is 0 Å². The average Bonchev–Trinajstić information content (AvgIpc) is 3.63. The summed E-state index contributed by atoms with van der Waals surface area (Å²) in [6, 6.07) is 76.0. The largest absolute Gasteiger partial charge is 0.316 e. The maximum Gasteiger partial charge on any atom is 0.0534 e. The summed E-state index contributed by atoms with van der Waals surface area (Å²) < 4.78 is 2.29. The zero-order valence-electron chi connectivity index (χ0n) is 28.7. The molecular formula is C50H36N2. The molecule has 0 fully saturated rings. The number of nitrogens with zero attached hydrogens (tertiary/aromatic N) is 2. The lowest BCUT2D eigenvalue weighted by Crippen LogP contribution is -2.10. The summed E-state index contributed by atoms with van der Waals surface area (Å²) in [6.45, 7) is 0. The number of para-hydroxylation sites is 2. The van der Waals surface area contributed by atoms with Crippen LogP contribution in [0.5, 0.6) is 0 Å². The van der Waals surface area contributed by atoms with Crippen LogP contribution in [0.2, 0.25) is 0 Å². The third kappa shape index (κ3) is 6.08. The predicted molar refractivity (Wildman–Crippen MR) is 220 cm³/mol. The van der Waals surface area contributed by atoms with Gasteiger partial charge in [-0.3, -0.25) is 0 Å². The Balaban J connectivity index is 1.11. The van der Waals surface area contributed by atoms with Crippen molar-refractivity contribution in [1.29, 1.82) is 0 Å². The minimum atomic E-state index is 1.10. The molecule has 52 heavy (non-hydrogen) atoms. The number of anilines is 3. The number of fused-ring (bicyclic) bond motifs is 1. The highest BCUT2D eigenvalue weighted by atomic mass is 15.1. The van der Waals surface area contributed by atoms with Gasteiger partial charge in [-0.1, -0.05) is 152 Å². The van der Waals surface area contributed by atoms with Crippen molar-refractivity contribution >= 4 is 28.0 Å². The summed E-state index contributed by atoms with van der Waals surface area (Å²) in [6.07, 6.45) is 2.27. The first-order valence-corrected chi connectivity index (χ1v) is 17.8. The van der Waals surface area contributed by atoms with Crippen LogP contribution >= 0.6 is 0 Å². The van der Waals surface area contributed by atoms with Crippen molar-refractivity contribution in [2.24, 2.45) is 0 Å². The zero-order valence-corrected chi connectivity index (χ0v) is 28.7. The molecular weight excluding hydrogens is 629 g/mol. The van der Waals surface area contributed by atoms with Crippen LogP contribution in [0.25, 0.3) is 61.1 Å². The van der Waals surface area contributed by atoms with Crippen molar-refractivity contribution in [1.82, 2.24) is 4.57 Å². The first kappa shape index (κ1) is 31.1. The fourth-order valence-electron chi connectivity index (χ4n) is 7.22. The molecule has 0 unspecified atom stereocenters. The molecule has 0 spiro atoms. The SMILES string of the molecule is c1ccc(-c2ccc(N(c3ccc(-c4ccccc4)cc3)c3cccc(-c4cccc(-c5cn(-c6ccccc6)c6ccccc56)c4)c3)cc2)cc1. The summed E-state index contributed by atoms with van der Waals surface area (Å²) in [7, 11) is 0. The highest BCUT2D eigenvalue weighted by molar-refractivity contribution is 5.98. The molecule has 0 aliphatic rings. The van der Waals surface area contributed by atoms with Crippen LogP contribution < -0.4 is 4.90 Å². The van der Waals surface area contributed by atoms with E-state index >= 15 is 0 Å². The van der Waals surface area contributed by atoms with Crippen LogP contribution in [0.15, 0.2) is 219 Å². The van der Waals surface area contributed by atoms with Gasteiger partial charge in [-0.2, -0.15) is 0 Å². The third-order valence-electron chi connectivity index (χ3n) is 9.82. The van der Waals surface area contributed by atoms with E-state index in [1.165, 1.54) is 49.8 Å². The maximum atomic E-state index is 2.35. The Labute approximate surface area is 305 Å². The predicted octanol–water partition coefficient (Wildman–Crippen LogP) is 13.8. The van der Waals surface area contributed by atoms with Crippen LogP contribution in [0.3, 0.4) is 0 Å². The van der Waals surface area contributed by atoms with E-state index in [1.807, 2.05) is 0 Å². The van der Waals surface area contributed by atoms with E-state index in [2.05, 4.69) is 228 Å². The van der Waals surface area contributed by atoms with Gasteiger partial charge in [-0.15, -0.1) is 0 Å². The number of hydrogen-bond donors (Lipinski definition) is 0. The van der Waals surface area contributed by atoms with Gasteiger partial charge in [0.25, 0.3) is 0 Å². The first-order chi connectivity index (χ1) is 25.8. The third-order valence-corrected chi connectivity index (χ3v) is 9.82. The second-order valence-corrected chi connectivity index (χ2v) is 13.1. The Bertz CT molecular complexity index is 2500. The highest BCUT2D eigenvalue weighted by Gasteiger charge is 2.16. The first-order valence-electron chi connectivity index (χ1n) is 17.8. The number of benzene rings is 8. The fourth-order valence-corrected chi connectivity index (χ4v) is 7.22. The van der Waals surface area contributed by atoms with E-state index in [0.29, 0.717) is 0 Å². The van der Waals surface area contributed by atoms with Gasteiger partial charge in [-0.05, 0) is 99.6 Å². The second kappa shape index (κ2) is 13.8. The summed E-state index contributed by atoms with van der Waals surface area (Å²) in [5.41, 5.74) is 15.2. The average molecular weight is 665 g/mol. The highest BCUT2D eigenvalue weighted by Crippen LogP contribution is 2.40. The molecule has 1 heterocycles. The molecule has 2 nitrogen and oxygen atoms in total. The summed E-state index contributed by atoms with van der Waals surface area (Å²) in [5.74, 6) is 0. The van der Waals surface area contributed by atoms with Crippen LogP contribution in [0.4, 0.5) is 17.1 Å². The molecule has 0 atom stereocenters. The standard InChI is InChI=1S/C50H36N2/c1-4-14-37(15-5-1)39-26-30-45(31-27-39)52(46-32-28-40(29-33-46)38-16-6-2-7-17-38)47-23-13-19-42(35-47)41-18-12-20-43(34-41)49-36-51(44-21-8-3-9-22-44)50-25-11-10-24-48(49)50/h1-36H. The summed E-state index contributed by atoms with van der Waals surface area (Å²) in [4.78, 5) is 2.35. The van der Waals surface area contributed by atoms with Gasteiger partial charge in [0.15, 0.2) is 0 Å². The van der Waals surface area contributed by atoms with Crippen molar-refractivity contribution < 1.29 is 0 Å². The molecule has 8 aromatic carbocycles. The van der Waals surface area contributed by atoms with Crippen molar-refractivity contribution in [3.8, 4) is 50.2 Å². The van der Waals surface area contributed by atoms with Crippen molar-refractivity contribution in [3.63, 3.8) is 0 Å². The minimum absolute atomic E-state index is 1.10. The van der Waals surface area contributed by atoms with Crippen LogP contribution in [-0.4, -0.2) is 4.57 Å². The Kier molecular flexibility index (Phi) is 8.24. The summed E-state index contributed by atoms with van der Waals surface area (Å²) in [5, 5.41) is 1.24. The summed E-state index contributed by atoms with van der Waals surface area (Å²) >= 11 is 0. The Morgan fingerprint density at radius 2 is 0.769 bits per heavy atom. The monoisotopic (exact) mass is 664 g/mol. The quantitative estimate of drug-likeness (QED) is 0.157. The molecule has 0 amide bonds. The Morgan fingerprint density at radius 1 is 0.308 bits per heavy atom. The lowest BCUT2D eigenvalue weighted by atomic mass is 9.98. The molecule has 0 aliphatic carbocycles. The van der Waals surface area contributed by atoms with E-state index in [-0.39, 0.29) is 0 Å². The van der Waals surface area contributed by atoms with E-state index in [0.717, 1.165) is 28.3 Å². The van der Waals surface area contributed by atoms with Gasteiger partial charge in [0, 0.05) is 39.9 Å². The molecule has 0 bridgehead atoms. The zero-order chi connectivity index (χ0) is 34.7. The molecule has 246 valence electrons. The van der Waals surface area contributed by atoms with Crippen LogP contribution in [0, 0.1) is 0 Å². The van der Waals surface area contributed by atoms with Gasteiger partial charge in [0.2, 0.25) is 0 Å². The Morgan fingerprint density at radius 3 is 1.38 bits per heavy atom. The van der Waals surface area contributed by atoms with Crippen molar-refractivity contribution in [2.75, 3.05) is 4.90 Å². The molecule has 0 saturated carbocycles. The van der Waals surface area contributed by atoms with Crippen LogP contribution in [-0.2, 0) is 0 Å². The van der Waals surface area contributed by atoms with Crippen LogP contribution in [0.1, 0.15) is 0 Å². The fraction of sp³-hybridized carbons (Fsp3) is 0. The molecule has 9 aromatic rings. The topological polar surface area (TPSA) is 8.17 Å². The molecule has 2 heteroatoms. The van der Waals surface area contributed by atoms with Crippen molar-refractivity contribution in [2.45, 2.75) is 0 Å². The smallest absolute Gasteiger partial charge is 0.0534 e. The van der Waals surface area contributed by atoms with Gasteiger partial charge >= 0.3 is 0 Å². The number of aromatic nitrogens is 1. The van der Waals surface area contributed by atoms with E-state index in [9.17, 15) is 0 Å². The van der Waals surface area contributed by atoms with Gasteiger partial charge < -0.3 is 9.47 Å². The van der Waals surface area contributed by atoms with E-state index in [1.54, 1.807) is 0 Å². The minimum Gasteiger partial charge on any atom is -0.316 e. The van der Waals surface area contributed by atoms with Crippen molar-refractivity contribution in [3.05, 3.63) is 219 Å². The van der Waals surface area contributed by atoms with Gasteiger partial charge in [-0.25, -0.2) is 0 Å². The Hall–Kier alpha value is -6.90. The normalized spacial score (nSPS) is 11.1. The molecule has 0 radical (unpaired) electrons. The molecule has 0 saturated heterocycles. The lowest BCUT2D eigenvalue weighted by Gasteiger charge is -2.26. The molecule has 0 aliphatic heterocycles. The molecule has 1 aromatic heterocycles. The lowest BCUT2D eigenvalue weighted by molar-refractivity contribution is 1.13. The van der Waals surface area contributed by atoms with E-state index < -0.39 is 0 Å². The van der Waals surface area contributed by atoms with E-state index in [4.69, 9.17) is 0 Å².